The van der Waals surface area contributed by atoms with Gasteiger partial charge in [0.05, 0.1) is 68.7 Å². The lowest BCUT2D eigenvalue weighted by Gasteiger charge is -2.32. The lowest BCUT2D eigenvalue weighted by Crippen LogP contribution is -2.43. The number of halogens is 8. The van der Waals surface area contributed by atoms with E-state index < -0.39 is 89.4 Å². The number of nitrogens with two attached hydrogens (primary N) is 3. The zero-order chi connectivity index (χ0) is 75.9. The van der Waals surface area contributed by atoms with E-state index in [0.717, 1.165) is 12.8 Å². The lowest BCUT2D eigenvalue weighted by molar-refractivity contribution is -0.0495. The van der Waals surface area contributed by atoms with Crippen molar-refractivity contribution >= 4 is 86.5 Å². The number of nitrogens with zero attached hydrogens (tertiary/aromatic N) is 10. The first-order valence-electron chi connectivity index (χ1n) is 34.5. The summed E-state index contributed by atoms with van der Waals surface area (Å²) in [6.45, 7) is 24.2. The third-order valence-corrected chi connectivity index (χ3v) is 19.4. The molecule has 9 N–H and O–H groups in total. The normalized spacial score (nSPS) is 17.0. The highest BCUT2D eigenvalue weighted by molar-refractivity contribution is 6.32. The van der Waals surface area contributed by atoms with Gasteiger partial charge in [-0.15, -0.1) is 0 Å². The molecule has 0 radical (unpaired) electrons. The van der Waals surface area contributed by atoms with Gasteiger partial charge in [0, 0.05) is 110 Å². The van der Waals surface area contributed by atoms with Gasteiger partial charge in [0.15, 0.2) is 17.5 Å². The van der Waals surface area contributed by atoms with Crippen molar-refractivity contribution in [2.45, 2.75) is 195 Å². The fraction of sp³-hybridized carbons (Fsp3) is 0.466. The van der Waals surface area contributed by atoms with E-state index in [1.54, 1.807) is 76.2 Å². The molecule has 1 aliphatic heterocycles. The molecule has 23 nitrogen and oxygen atoms in total. The number of ether oxygens (including phenoxy) is 4. The Labute approximate surface area is 613 Å². The first kappa shape index (κ1) is 77.8. The van der Waals surface area contributed by atoms with Gasteiger partial charge in [0.2, 0.25) is 0 Å². The van der Waals surface area contributed by atoms with Crippen molar-refractivity contribution in [1.29, 1.82) is 0 Å². The highest BCUT2D eigenvalue weighted by atomic mass is 35.5. The minimum atomic E-state index is -2.85. The summed E-state index contributed by atoms with van der Waals surface area (Å²) < 4.78 is 103. The first-order chi connectivity index (χ1) is 49.1. The van der Waals surface area contributed by atoms with Gasteiger partial charge in [-0.1, -0.05) is 55.6 Å². The number of aliphatic hydroxyl groups is 1. The Morgan fingerprint density at radius 1 is 0.587 bits per heavy atom. The highest BCUT2D eigenvalue weighted by Crippen LogP contribution is 2.46. The van der Waals surface area contributed by atoms with E-state index in [1.807, 2.05) is 64.2 Å². The Balaban J connectivity index is 0.000000167. The molecule has 3 aliphatic rings. The fourth-order valence-corrected chi connectivity index (χ4v) is 13.9. The van der Waals surface area contributed by atoms with Gasteiger partial charge in [0.1, 0.15) is 85.4 Å². The summed E-state index contributed by atoms with van der Waals surface area (Å²) in [5.74, 6) is -5.58. The van der Waals surface area contributed by atoms with Crippen molar-refractivity contribution in [3.63, 3.8) is 0 Å². The number of aryl methyl sites for hydroxylation is 3. The Morgan fingerprint density at radius 2 is 0.952 bits per heavy atom. The summed E-state index contributed by atoms with van der Waals surface area (Å²) in [5, 5.41) is 15.0. The minimum absolute atomic E-state index is 0.0214. The summed E-state index contributed by atoms with van der Waals surface area (Å²) >= 11 is 18.9. The van der Waals surface area contributed by atoms with Crippen molar-refractivity contribution in [3.05, 3.63) is 156 Å². The molecule has 12 rings (SSSR count). The fourth-order valence-electron chi connectivity index (χ4n) is 13.3. The number of nitrogen functional groups attached to an aromatic ring is 3. The van der Waals surface area contributed by atoms with E-state index in [2.05, 4.69) is 35.6 Å². The number of imidazole rings is 3. The van der Waals surface area contributed by atoms with Gasteiger partial charge >= 0.3 is 0 Å². The zero-order valence-electron chi connectivity index (χ0n) is 60.1. The number of aromatic nitrogens is 9. The summed E-state index contributed by atoms with van der Waals surface area (Å²) in [5.41, 5.74) is 22.5. The van der Waals surface area contributed by atoms with Crippen molar-refractivity contribution in [1.82, 2.24) is 58.6 Å². The molecule has 3 fully saturated rings. The maximum absolute atomic E-state index is 15.4. The third-order valence-electron chi connectivity index (χ3n) is 18.6. The van der Waals surface area contributed by atoms with Gasteiger partial charge in [0.25, 0.3) is 23.6 Å². The van der Waals surface area contributed by atoms with Gasteiger partial charge < -0.3 is 56.8 Å². The van der Waals surface area contributed by atoms with Crippen LogP contribution >= 0.6 is 34.8 Å². The van der Waals surface area contributed by atoms with Crippen LogP contribution < -0.4 is 42.0 Å². The first-order valence-corrected chi connectivity index (χ1v) is 35.6. The van der Waals surface area contributed by atoms with E-state index in [9.17, 15) is 28.3 Å². The quantitative estimate of drug-likeness (QED) is 0.0386. The van der Waals surface area contributed by atoms with Crippen LogP contribution in [-0.4, -0.2) is 139 Å². The van der Waals surface area contributed by atoms with Gasteiger partial charge in [-0.25, -0.2) is 51.9 Å². The number of fused-ring (bicyclic) bond motifs is 3. The van der Waals surface area contributed by atoms with Crippen LogP contribution in [0.25, 0.3) is 16.6 Å². The SMILES string of the molecule is CCOCC1(NC(=O)c2c(F)c(Cl)cc(C(C)c3nc(C)c4c(N)nccn34)c2OC(C)C)CC1.Cc1nc(C(C)c2cc(Cl)c(F)c(C(=O)N3CCC(F)(F)CC3)c2OC(C)C)n2ccnc(N)c12.Cc1nc(C(C)c2cc(Cl)c(F)c(C(=O)NC3CCC(O)C3)c2OC(C)C)n2ccnc(N)c12. The molecule has 558 valence electrons. The molecule has 5 atom stereocenters. The molecule has 2 saturated carbocycles. The number of piperidine rings is 1. The smallest absolute Gasteiger partial charge is 0.260 e. The number of likely N-dealkylation sites (tertiary alicyclic amines) is 1. The zero-order valence-corrected chi connectivity index (χ0v) is 62.4. The van der Waals surface area contributed by atoms with Crippen LogP contribution in [0.1, 0.15) is 214 Å². The van der Waals surface area contributed by atoms with Crippen molar-refractivity contribution in [2.75, 3.05) is 43.5 Å². The number of carbonyl (C=O) groups excluding carboxylic acids is 3. The average Bonchev–Trinajstić information content (AvgIpc) is 1.37. The number of aliphatic hydroxyl groups excluding tert-OH is 1. The Hall–Kier alpha value is -8.83. The van der Waals surface area contributed by atoms with Gasteiger partial charge in [-0.3, -0.25) is 27.6 Å². The Kier molecular flexibility index (Phi) is 23.5. The molecule has 3 aromatic carbocycles. The Bertz CT molecular complexity index is 4730. The highest BCUT2D eigenvalue weighted by Gasteiger charge is 2.46. The number of hydrogen-bond donors (Lipinski definition) is 6. The molecule has 31 heteroatoms. The summed E-state index contributed by atoms with van der Waals surface area (Å²) in [6.07, 6.45) is 10.6. The number of benzene rings is 3. The topological polar surface area (TPSA) is 304 Å². The number of anilines is 3. The molecule has 1 saturated heterocycles. The molecule has 9 aromatic rings. The third kappa shape index (κ3) is 16.2. The van der Waals surface area contributed by atoms with E-state index in [4.69, 9.17) is 75.9 Å². The molecule has 3 amide bonds. The molecule has 5 unspecified atom stereocenters. The molecule has 0 bridgehead atoms. The van der Waals surface area contributed by atoms with Crippen LogP contribution in [0.2, 0.25) is 15.1 Å². The van der Waals surface area contributed by atoms with E-state index in [1.165, 1.54) is 23.1 Å². The van der Waals surface area contributed by atoms with Crippen LogP contribution in [0.4, 0.5) is 39.4 Å². The minimum Gasteiger partial charge on any atom is -0.490 e. The predicted molar refractivity (Wildman–Crippen MR) is 388 cm³/mol. The molecule has 7 heterocycles. The number of carbonyl (C=O) groups is 3. The van der Waals surface area contributed by atoms with E-state index >= 15 is 13.2 Å². The summed E-state index contributed by atoms with van der Waals surface area (Å²) in [6, 6.07) is 4.16. The summed E-state index contributed by atoms with van der Waals surface area (Å²) in [4.78, 5) is 67.7. The Morgan fingerprint density at radius 3 is 1.30 bits per heavy atom. The molecule has 6 aromatic heterocycles. The van der Waals surface area contributed by atoms with Gasteiger partial charge in [-0.2, -0.15) is 0 Å². The van der Waals surface area contributed by atoms with Crippen LogP contribution in [-0.2, 0) is 4.74 Å². The monoisotopic (exact) mass is 1500 g/mol. The predicted octanol–water partition coefficient (Wildman–Crippen LogP) is 13.9. The van der Waals surface area contributed by atoms with Crippen LogP contribution in [0.15, 0.2) is 55.4 Å². The number of rotatable bonds is 20. The molecule has 2 aliphatic carbocycles. The molecular formula is C73H87Cl3F5N15O8. The second-order valence-corrected chi connectivity index (χ2v) is 28.7. The van der Waals surface area contributed by atoms with Gasteiger partial charge in [-0.05, 0) is 120 Å². The maximum Gasteiger partial charge on any atom is 0.260 e. The summed E-state index contributed by atoms with van der Waals surface area (Å²) in [7, 11) is 0. The van der Waals surface area contributed by atoms with Crippen LogP contribution in [0.5, 0.6) is 17.2 Å². The number of amides is 3. The number of alkyl halides is 2. The number of hydrogen-bond acceptors (Lipinski definition) is 17. The standard InChI is InChI=1S/C25H31ClFN5O3.C24H27ClF3N5O2.C24H29ClFN5O3/c1-6-34-12-25(7-8-25)31-24(33)18-19(27)17(26)11-16(21(18)35-13(2)3)14(4)23-30-15(5)20-22(28)29-9-10-32(20)23;1-12(2)35-20-15(13(3)22-31-14(4)19-21(29)30-7-10-33(19)22)11-16(25)18(26)17(20)23(34)32-8-5-24(27,28)6-9-32;1-11(2)34-21-16(12(3)23-29-13(4)20-22(27)28-7-8-31(20)23)10-17(25)19(26)18(21)24(33)30-14-5-6-15(32)9-14/h9-11,13-14H,6-8,12H2,1-5H3,(H2,28,29)(H,31,33);7,10-13H,5-6,8-9H2,1-4H3,(H2,29,30);7-8,10-12,14-15,32H,5-6,9H2,1-4H3,(H2,27,28)(H,30,33). The van der Waals surface area contributed by atoms with Crippen LogP contribution in [0.3, 0.4) is 0 Å². The number of nitrogens with one attached hydrogen (secondary N) is 2. The largest absolute Gasteiger partial charge is 0.490 e. The maximum atomic E-state index is 15.4. The molecular weight excluding hydrogens is 1420 g/mol. The van der Waals surface area contributed by atoms with Crippen molar-refractivity contribution in [2.24, 2.45) is 0 Å². The second kappa shape index (κ2) is 31.5. The lowest BCUT2D eigenvalue weighted by atomic mass is 9.95. The van der Waals surface area contributed by atoms with Crippen LogP contribution in [0, 0.1) is 38.2 Å². The van der Waals surface area contributed by atoms with Crippen molar-refractivity contribution < 1.29 is 60.4 Å². The van der Waals surface area contributed by atoms with Crippen molar-refractivity contribution in [3.8, 4) is 17.2 Å². The molecule has 0 spiro atoms. The van der Waals surface area contributed by atoms with E-state index in [-0.39, 0.29) is 80.3 Å². The average molecular weight is 1500 g/mol. The van der Waals surface area contributed by atoms with E-state index in [0.29, 0.717) is 118 Å². The second-order valence-electron chi connectivity index (χ2n) is 27.5. The molecule has 104 heavy (non-hydrogen) atoms.